The van der Waals surface area contributed by atoms with Crippen LogP contribution >= 0.6 is 0 Å². The maximum Gasteiger partial charge on any atom is 0.0429 e. The monoisotopic (exact) mass is 332 g/mol. The van der Waals surface area contributed by atoms with Crippen molar-refractivity contribution in [1.82, 2.24) is 0 Å². The fourth-order valence-corrected chi connectivity index (χ4v) is 4.44. The Labute approximate surface area is 150 Å². The fourth-order valence-electron chi connectivity index (χ4n) is 4.44. The molecule has 0 spiro atoms. The molecule has 2 aliphatic carbocycles. The van der Waals surface area contributed by atoms with Crippen LogP contribution in [0.4, 0.5) is 0 Å². The molecule has 0 aromatic carbocycles. The second-order valence-corrected chi connectivity index (χ2v) is 8.11. The molecule has 1 saturated carbocycles. The average molecular weight is 333 g/mol. The summed E-state index contributed by atoms with van der Waals surface area (Å²) in [4.78, 5) is 0. The molecule has 0 heterocycles. The van der Waals surface area contributed by atoms with Gasteiger partial charge in [0.15, 0.2) is 0 Å². The van der Waals surface area contributed by atoms with Crippen LogP contribution in [0.15, 0.2) is 11.6 Å². The Morgan fingerprint density at radius 1 is 0.708 bits per heavy atom. The van der Waals surface area contributed by atoms with Gasteiger partial charge in [-0.15, -0.1) is 0 Å². The van der Waals surface area contributed by atoms with Crippen molar-refractivity contribution in [1.29, 1.82) is 5.41 Å². The highest BCUT2D eigenvalue weighted by atomic mass is 14.7. The van der Waals surface area contributed by atoms with Crippen molar-refractivity contribution < 1.29 is 0 Å². The molecule has 2 nitrogen and oxygen atoms in total. The van der Waals surface area contributed by atoms with Gasteiger partial charge in [0.25, 0.3) is 0 Å². The van der Waals surface area contributed by atoms with Crippen molar-refractivity contribution in [2.75, 3.05) is 0 Å². The number of rotatable bonds is 1. The van der Waals surface area contributed by atoms with E-state index in [4.69, 9.17) is 11.1 Å². The van der Waals surface area contributed by atoms with Gasteiger partial charge in [-0.25, -0.2) is 0 Å². The van der Waals surface area contributed by atoms with E-state index in [1.807, 2.05) is 0 Å². The van der Waals surface area contributed by atoms with Crippen molar-refractivity contribution in [2.45, 2.75) is 115 Å². The Balaban J connectivity index is 2.07. The SMILES string of the molecule is N=C1C(N)CCCCCCCCC1C1=CCCCCCCCCC1. The van der Waals surface area contributed by atoms with Gasteiger partial charge in [0, 0.05) is 17.7 Å². The van der Waals surface area contributed by atoms with Crippen LogP contribution in [0.25, 0.3) is 0 Å². The molecule has 0 saturated heterocycles. The molecule has 24 heavy (non-hydrogen) atoms. The van der Waals surface area contributed by atoms with Crippen LogP contribution in [0.5, 0.6) is 0 Å². The lowest BCUT2D eigenvalue weighted by molar-refractivity contribution is 0.550. The number of nitrogens with one attached hydrogen (secondary N) is 1. The molecule has 2 heteroatoms. The fraction of sp³-hybridized carbons (Fsp3) is 0.864. The first-order valence-corrected chi connectivity index (χ1v) is 10.8. The molecule has 2 aliphatic rings. The Morgan fingerprint density at radius 3 is 1.96 bits per heavy atom. The molecule has 2 rings (SSSR count). The summed E-state index contributed by atoms with van der Waals surface area (Å²) in [5.41, 5.74) is 8.83. The topological polar surface area (TPSA) is 49.9 Å². The third kappa shape index (κ3) is 7.09. The van der Waals surface area contributed by atoms with E-state index in [-0.39, 0.29) is 6.04 Å². The molecule has 0 radical (unpaired) electrons. The van der Waals surface area contributed by atoms with Gasteiger partial charge in [0.1, 0.15) is 0 Å². The first-order chi connectivity index (χ1) is 11.8. The van der Waals surface area contributed by atoms with E-state index in [0.29, 0.717) is 5.92 Å². The van der Waals surface area contributed by atoms with Gasteiger partial charge >= 0.3 is 0 Å². The Kier molecular flexibility index (Phi) is 9.72. The molecule has 138 valence electrons. The summed E-state index contributed by atoms with van der Waals surface area (Å²) in [7, 11) is 0. The Hall–Kier alpha value is -0.630. The van der Waals surface area contributed by atoms with Gasteiger partial charge in [0.05, 0.1) is 0 Å². The highest BCUT2D eigenvalue weighted by Crippen LogP contribution is 2.29. The normalized spacial score (nSPS) is 29.9. The molecular weight excluding hydrogens is 292 g/mol. The summed E-state index contributed by atoms with van der Waals surface area (Å²) in [5.74, 6) is 0.346. The first-order valence-electron chi connectivity index (χ1n) is 10.8. The van der Waals surface area contributed by atoms with Crippen molar-refractivity contribution in [3.05, 3.63) is 11.6 Å². The van der Waals surface area contributed by atoms with Gasteiger partial charge in [0.2, 0.25) is 0 Å². The van der Waals surface area contributed by atoms with Crippen molar-refractivity contribution in [3.8, 4) is 0 Å². The average Bonchev–Trinajstić information content (AvgIpc) is 2.67. The minimum atomic E-state index is -0.00724. The smallest absolute Gasteiger partial charge is 0.0429 e. The maximum atomic E-state index is 8.77. The minimum Gasteiger partial charge on any atom is -0.323 e. The van der Waals surface area contributed by atoms with E-state index in [1.165, 1.54) is 103 Å². The molecule has 1 fully saturated rings. The minimum absolute atomic E-state index is 0.00724. The van der Waals surface area contributed by atoms with E-state index in [2.05, 4.69) is 6.08 Å². The third-order valence-electron chi connectivity index (χ3n) is 6.06. The van der Waals surface area contributed by atoms with Crippen molar-refractivity contribution >= 4 is 5.71 Å². The summed E-state index contributed by atoms with van der Waals surface area (Å²) in [5, 5.41) is 8.77. The van der Waals surface area contributed by atoms with Crippen LogP contribution in [0, 0.1) is 11.3 Å². The molecule has 3 N–H and O–H groups in total. The summed E-state index contributed by atoms with van der Waals surface area (Å²) >= 11 is 0. The van der Waals surface area contributed by atoms with Crippen LogP contribution in [-0.2, 0) is 0 Å². The van der Waals surface area contributed by atoms with E-state index < -0.39 is 0 Å². The quantitative estimate of drug-likeness (QED) is 0.526. The van der Waals surface area contributed by atoms with Crippen LogP contribution in [0.3, 0.4) is 0 Å². The van der Waals surface area contributed by atoms with Gasteiger partial charge < -0.3 is 11.1 Å². The van der Waals surface area contributed by atoms with E-state index in [0.717, 1.165) is 12.1 Å². The summed E-state index contributed by atoms with van der Waals surface area (Å²) in [6, 6.07) is -0.00724. The Bertz CT molecular complexity index is 385. The number of hydrogen-bond acceptors (Lipinski definition) is 2. The van der Waals surface area contributed by atoms with Crippen LogP contribution < -0.4 is 5.73 Å². The molecule has 0 aliphatic heterocycles. The molecule has 0 bridgehead atoms. The first kappa shape index (κ1) is 19.7. The number of hydrogen-bond donors (Lipinski definition) is 2. The molecule has 2 atom stereocenters. The summed E-state index contributed by atoms with van der Waals surface area (Å²) in [6.07, 6.45) is 24.6. The predicted molar refractivity (Wildman–Crippen MR) is 106 cm³/mol. The molecule has 2 unspecified atom stereocenters. The Morgan fingerprint density at radius 2 is 1.25 bits per heavy atom. The third-order valence-corrected chi connectivity index (χ3v) is 6.06. The van der Waals surface area contributed by atoms with E-state index >= 15 is 0 Å². The van der Waals surface area contributed by atoms with Gasteiger partial charge in [-0.05, 0) is 38.5 Å². The summed E-state index contributed by atoms with van der Waals surface area (Å²) < 4.78 is 0. The number of nitrogens with two attached hydrogens (primary N) is 1. The second-order valence-electron chi connectivity index (χ2n) is 8.11. The van der Waals surface area contributed by atoms with Crippen molar-refractivity contribution in [2.24, 2.45) is 11.7 Å². The van der Waals surface area contributed by atoms with E-state index in [9.17, 15) is 0 Å². The number of allylic oxidation sites excluding steroid dienone is 2. The van der Waals surface area contributed by atoms with Gasteiger partial charge in [-0.2, -0.15) is 0 Å². The standard InChI is InChI=1S/C22H40N2/c23-21-18-14-10-6-5-9-13-17-20(22(21)24)19-15-11-7-3-1-2-4-8-12-16-19/h15,20-21,24H,1-14,16-18,23H2. The molecule has 0 aromatic rings. The lowest BCUT2D eigenvalue weighted by atomic mass is 9.82. The highest BCUT2D eigenvalue weighted by molar-refractivity contribution is 5.91. The van der Waals surface area contributed by atoms with Crippen LogP contribution in [0.1, 0.15) is 109 Å². The lowest BCUT2D eigenvalue weighted by Crippen LogP contribution is -2.36. The van der Waals surface area contributed by atoms with Gasteiger partial charge in [-0.3, -0.25) is 0 Å². The maximum absolute atomic E-state index is 8.77. The largest absolute Gasteiger partial charge is 0.323 e. The highest BCUT2D eigenvalue weighted by Gasteiger charge is 2.24. The predicted octanol–water partition coefficient (Wildman–Crippen LogP) is 6.53. The molecular formula is C22H40N2. The van der Waals surface area contributed by atoms with Crippen LogP contribution in [-0.4, -0.2) is 11.8 Å². The van der Waals surface area contributed by atoms with Crippen LogP contribution in [0.2, 0.25) is 0 Å². The zero-order valence-electron chi connectivity index (χ0n) is 15.8. The summed E-state index contributed by atoms with van der Waals surface area (Å²) in [6.45, 7) is 0. The van der Waals surface area contributed by atoms with Gasteiger partial charge in [-0.1, -0.05) is 82.3 Å². The lowest BCUT2D eigenvalue weighted by Gasteiger charge is -2.25. The zero-order chi connectivity index (χ0) is 17.0. The zero-order valence-corrected chi connectivity index (χ0v) is 15.8. The molecule has 0 amide bonds. The molecule has 0 aromatic heterocycles. The van der Waals surface area contributed by atoms with Crippen molar-refractivity contribution in [3.63, 3.8) is 0 Å². The second kappa shape index (κ2) is 11.8. The van der Waals surface area contributed by atoms with E-state index in [1.54, 1.807) is 5.57 Å².